The highest BCUT2D eigenvalue weighted by atomic mass is 16.5. The molecule has 1 fully saturated rings. The van der Waals surface area contributed by atoms with Gasteiger partial charge in [0.05, 0.1) is 37.2 Å². The van der Waals surface area contributed by atoms with Gasteiger partial charge in [-0.25, -0.2) is 5.43 Å². The van der Waals surface area contributed by atoms with E-state index >= 15 is 0 Å². The van der Waals surface area contributed by atoms with Crippen molar-refractivity contribution in [1.82, 2.24) is 16.2 Å². The van der Waals surface area contributed by atoms with Gasteiger partial charge >= 0.3 is 0 Å². The standard InChI is InChI=1S/C34H35N5O8/c1-35-39-33(44)22-7-5-20(6-8-22)21-9-11-23(12-10-21)37-28(41)19-47-18-17-46-16-15-36-26-4-2-3-24-29(26)32(43)30(31(24)42)25-13-14-27(40)38-34(25)45/h2-12,25,30,35-36H,13-19H2,1H3,(H,37,41)(H,39,44)(H,38,40,45). The number of rotatable bonds is 14. The summed E-state index contributed by atoms with van der Waals surface area (Å²) >= 11 is 0. The van der Waals surface area contributed by atoms with Crippen LogP contribution in [0.4, 0.5) is 11.4 Å². The molecular formula is C34H35N5O8. The summed E-state index contributed by atoms with van der Waals surface area (Å²) in [6.45, 7) is 0.889. The lowest BCUT2D eigenvalue weighted by molar-refractivity contribution is -0.137. The molecule has 1 aliphatic carbocycles. The Morgan fingerprint density at radius 3 is 2.26 bits per heavy atom. The molecule has 3 aromatic rings. The first-order chi connectivity index (χ1) is 22.8. The number of carbonyl (C=O) groups excluding carboxylic acids is 6. The predicted molar refractivity (Wildman–Crippen MR) is 172 cm³/mol. The van der Waals surface area contributed by atoms with Crippen molar-refractivity contribution in [3.63, 3.8) is 0 Å². The van der Waals surface area contributed by atoms with Crippen LogP contribution in [0.25, 0.3) is 11.1 Å². The maximum absolute atomic E-state index is 13.2. The third-order valence-corrected chi connectivity index (χ3v) is 7.88. The molecule has 1 heterocycles. The van der Waals surface area contributed by atoms with Crippen molar-refractivity contribution in [2.24, 2.45) is 11.8 Å². The summed E-state index contributed by atoms with van der Waals surface area (Å²) < 4.78 is 11.0. The van der Waals surface area contributed by atoms with Gasteiger partial charge < -0.3 is 20.1 Å². The van der Waals surface area contributed by atoms with E-state index in [2.05, 4.69) is 26.8 Å². The summed E-state index contributed by atoms with van der Waals surface area (Å²) in [6.07, 6.45) is 0.249. The van der Waals surface area contributed by atoms with Crippen molar-refractivity contribution in [3.05, 3.63) is 83.4 Å². The van der Waals surface area contributed by atoms with Gasteiger partial charge in [0, 0.05) is 42.5 Å². The molecule has 0 radical (unpaired) electrons. The first kappa shape index (κ1) is 33.1. The molecule has 5 N–H and O–H groups in total. The summed E-state index contributed by atoms with van der Waals surface area (Å²) in [4.78, 5) is 74.3. The van der Waals surface area contributed by atoms with E-state index < -0.39 is 35.2 Å². The fraction of sp³-hybridized carbons (Fsp3) is 0.294. The SMILES string of the molecule is CNNC(=O)c1ccc(-c2ccc(NC(=O)COCCOCCNc3cccc4c3C(=O)C(C3CCC(=O)NC3=O)C4=O)cc2)cc1. The van der Waals surface area contributed by atoms with E-state index in [1.165, 1.54) is 0 Å². The molecule has 0 saturated carbocycles. The molecule has 2 unspecified atom stereocenters. The van der Waals surface area contributed by atoms with Gasteiger partial charge in [-0.2, -0.15) is 0 Å². The number of imide groups is 1. The lowest BCUT2D eigenvalue weighted by Gasteiger charge is -2.24. The number of amides is 4. The van der Waals surface area contributed by atoms with Gasteiger partial charge in [-0.05, 0) is 47.9 Å². The number of nitrogens with one attached hydrogen (secondary N) is 5. The Morgan fingerprint density at radius 1 is 0.851 bits per heavy atom. The van der Waals surface area contributed by atoms with Crippen molar-refractivity contribution < 1.29 is 38.2 Å². The topological polar surface area (TPSA) is 181 Å². The van der Waals surface area contributed by atoms with Gasteiger partial charge in [0.15, 0.2) is 11.6 Å². The molecule has 1 saturated heterocycles. The van der Waals surface area contributed by atoms with E-state index in [9.17, 15) is 28.8 Å². The van der Waals surface area contributed by atoms with Gasteiger partial charge in [0.1, 0.15) is 6.61 Å². The number of benzene rings is 3. The highest BCUT2D eigenvalue weighted by Gasteiger charge is 2.48. The van der Waals surface area contributed by atoms with E-state index in [-0.39, 0.29) is 62.2 Å². The zero-order valence-corrected chi connectivity index (χ0v) is 25.7. The smallest absolute Gasteiger partial charge is 0.265 e. The number of carbonyl (C=O) groups is 6. The molecular weight excluding hydrogens is 606 g/mol. The van der Waals surface area contributed by atoms with Gasteiger partial charge in [0.25, 0.3) is 5.91 Å². The van der Waals surface area contributed by atoms with Crippen LogP contribution in [0.5, 0.6) is 0 Å². The van der Waals surface area contributed by atoms with Crippen LogP contribution in [-0.4, -0.2) is 75.2 Å². The van der Waals surface area contributed by atoms with Crippen LogP contribution in [-0.2, 0) is 23.9 Å². The Kier molecular flexibility index (Phi) is 10.8. The average Bonchev–Trinajstić information content (AvgIpc) is 3.32. The molecule has 2 atom stereocenters. The molecule has 0 aromatic heterocycles. The second-order valence-electron chi connectivity index (χ2n) is 11.0. The largest absolute Gasteiger partial charge is 0.382 e. The van der Waals surface area contributed by atoms with Crippen LogP contribution in [0, 0.1) is 11.8 Å². The minimum atomic E-state index is -1.13. The molecule has 244 valence electrons. The van der Waals surface area contributed by atoms with Crippen LogP contribution in [0.1, 0.15) is 43.9 Å². The van der Waals surface area contributed by atoms with Crippen LogP contribution in [0.2, 0.25) is 0 Å². The molecule has 13 heteroatoms. The Morgan fingerprint density at radius 2 is 1.55 bits per heavy atom. The lowest BCUT2D eigenvalue weighted by Crippen LogP contribution is -2.46. The third-order valence-electron chi connectivity index (χ3n) is 7.88. The zero-order valence-electron chi connectivity index (χ0n) is 25.7. The van der Waals surface area contributed by atoms with Crippen molar-refractivity contribution in [2.75, 3.05) is 50.7 Å². The van der Waals surface area contributed by atoms with Crippen molar-refractivity contribution in [1.29, 1.82) is 0 Å². The number of ketones is 2. The minimum absolute atomic E-state index is 0.0903. The lowest BCUT2D eigenvalue weighted by atomic mass is 9.82. The Balaban J connectivity index is 0.992. The summed E-state index contributed by atoms with van der Waals surface area (Å²) in [6, 6.07) is 19.4. The number of fused-ring (bicyclic) bond motifs is 1. The van der Waals surface area contributed by atoms with Crippen LogP contribution in [0.3, 0.4) is 0 Å². The van der Waals surface area contributed by atoms with Gasteiger partial charge in [0.2, 0.25) is 17.7 Å². The Hall–Kier alpha value is -5.24. The van der Waals surface area contributed by atoms with E-state index in [0.717, 1.165) is 11.1 Å². The van der Waals surface area contributed by atoms with Crippen molar-refractivity contribution in [2.45, 2.75) is 12.8 Å². The summed E-state index contributed by atoms with van der Waals surface area (Å²) in [5.74, 6) is -4.36. The van der Waals surface area contributed by atoms with Crippen molar-refractivity contribution >= 4 is 46.6 Å². The molecule has 47 heavy (non-hydrogen) atoms. The maximum Gasteiger partial charge on any atom is 0.265 e. The molecule has 5 rings (SSSR count). The first-order valence-electron chi connectivity index (χ1n) is 15.2. The number of Topliss-reactive ketones (excluding diaryl/α,β-unsaturated/α-hetero) is 2. The molecule has 13 nitrogen and oxygen atoms in total. The van der Waals surface area contributed by atoms with Gasteiger partial charge in [-0.1, -0.05) is 36.4 Å². The average molecular weight is 642 g/mol. The number of anilines is 2. The summed E-state index contributed by atoms with van der Waals surface area (Å²) in [7, 11) is 1.62. The zero-order chi connectivity index (χ0) is 33.3. The number of hydrogen-bond donors (Lipinski definition) is 5. The number of hydrogen-bond acceptors (Lipinski definition) is 10. The maximum atomic E-state index is 13.2. The highest BCUT2D eigenvalue weighted by Crippen LogP contribution is 2.38. The normalized spacial score (nSPS) is 17.2. The molecule has 3 aromatic carbocycles. The quantitative estimate of drug-likeness (QED) is 0.0759. The van der Waals surface area contributed by atoms with Crippen LogP contribution >= 0.6 is 0 Å². The summed E-state index contributed by atoms with van der Waals surface area (Å²) in [5.41, 5.74) is 9.12. The number of hydrazine groups is 1. The molecule has 1 aliphatic heterocycles. The third kappa shape index (κ3) is 7.95. The van der Waals surface area contributed by atoms with E-state index in [1.54, 1.807) is 49.5 Å². The van der Waals surface area contributed by atoms with Gasteiger partial charge in [-0.15, -0.1) is 0 Å². The monoisotopic (exact) mass is 641 g/mol. The highest BCUT2D eigenvalue weighted by molar-refractivity contribution is 6.30. The van der Waals surface area contributed by atoms with E-state index in [4.69, 9.17) is 9.47 Å². The molecule has 2 aliphatic rings. The second-order valence-corrected chi connectivity index (χ2v) is 11.0. The van der Waals surface area contributed by atoms with Crippen molar-refractivity contribution in [3.8, 4) is 11.1 Å². The summed E-state index contributed by atoms with van der Waals surface area (Å²) in [5, 5.41) is 8.13. The fourth-order valence-electron chi connectivity index (χ4n) is 5.59. The van der Waals surface area contributed by atoms with Crippen LogP contribution < -0.4 is 26.8 Å². The van der Waals surface area contributed by atoms with E-state index in [0.29, 0.717) is 23.5 Å². The molecule has 0 spiro atoms. The molecule has 0 bridgehead atoms. The predicted octanol–water partition coefficient (Wildman–Crippen LogP) is 2.35. The van der Waals surface area contributed by atoms with Gasteiger partial charge in [-0.3, -0.25) is 39.5 Å². The molecule has 4 amide bonds. The first-order valence-corrected chi connectivity index (χ1v) is 15.2. The minimum Gasteiger partial charge on any atom is -0.382 e. The second kappa shape index (κ2) is 15.4. The fourth-order valence-corrected chi connectivity index (χ4v) is 5.59. The Bertz CT molecular complexity index is 1670. The number of ether oxygens (including phenoxy) is 2. The number of piperidine rings is 1. The van der Waals surface area contributed by atoms with Crippen LogP contribution in [0.15, 0.2) is 66.7 Å². The Labute approximate surface area is 270 Å². The van der Waals surface area contributed by atoms with E-state index in [1.807, 2.05) is 24.3 Å².